The number of hydrogen-bond donors (Lipinski definition) is 0. The SMILES string of the molecule is O=C(CC1Cc2ccccc21)c1ccc(Cl)s1. The number of rotatable bonds is 3. The van der Waals surface area contributed by atoms with E-state index in [2.05, 4.69) is 18.2 Å². The Bertz CT molecular complexity index is 573. The summed E-state index contributed by atoms with van der Waals surface area (Å²) < 4.78 is 0.683. The first-order valence-electron chi connectivity index (χ1n) is 5.60. The summed E-state index contributed by atoms with van der Waals surface area (Å²) >= 11 is 7.21. The number of ketones is 1. The number of halogens is 1. The minimum Gasteiger partial charge on any atom is -0.293 e. The van der Waals surface area contributed by atoms with Crippen molar-refractivity contribution in [3.8, 4) is 0 Å². The number of carbonyl (C=O) groups excluding carboxylic acids is 1. The second-order valence-corrected chi connectivity index (χ2v) is 6.05. The van der Waals surface area contributed by atoms with E-state index in [0.29, 0.717) is 16.7 Å². The van der Waals surface area contributed by atoms with E-state index in [0.717, 1.165) is 11.3 Å². The number of carbonyl (C=O) groups is 1. The summed E-state index contributed by atoms with van der Waals surface area (Å²) in [6.07, 6.45) is 1.63. The van der Waals surface area contributed by atoms with E-state index >= 15 is 0 Å². The van der Waals surface area contributed by atoms with E-state index in [-0.39, 0.29) is 5.78 Å². The van der Waals surface area contributed by atoms with Gasteiger partial charge >= 0.3 is 0 Å². The van der Waals surface area contributed by atoms with Crippen LogP contribution in [0.25, 0.3) is 0 Å². The van der Waals surface area contributed by atoms with Gasteiger partial charge in [0.15, 0.2) is 5.78 Å². The Hall–Kier alpha value is -1.12. The maximum absolute atomic E-state index is 12.0. The van der Waals surface area contributed by atoms with Gasteiger partial charge in [0.25, 0.3) is 0 Å². The van der Waals surface area contributed by atoms with Crippen LogP contribution >= 0.6 is 22.9 Å². The number of fused-ring (bicyclic) bond motifs is 1. The molecule has 0 saturated heterocycles. The molecular formula is C14H11ClOS. The maximum atomic E-state index is 12.0. The predicted octanol–water partition coefficient (Wildman–Crippen LogP) is 4.31. The largest absolute Gasteiger partial charge is 0.293 e. The van der Waals surface area contributed by atoms with E-state index in [1.54, 1.807) is 6.07 Å². The van der Waals surface area contributed by atoms with Gasteiger partial charge < -0.3 is 0 Å². The maximum Gasteiger partial charge on any atom is 0.173 e. The van der Waals surface area contributed by atoms with Crippen molar-refractivity contribution in [2.75, 3.05) is 0 Å². The highest BCUT2D eigenvalue weighted by atomic mass is 35.5. The van der Waals surface area contributed by atoms with Crippen LogP contribution < -0.4 is 0 Å². The average Bonchev–Trinajstić information content (AvgIpc) is 2.73. The molecule has 1 aromatic carbocycles. The van der Waals surface area contributed by atoms with Crippen molar-refractivity contribution in [3.63, 3.8) is 0 Å². The normalized spacial score (nSPS) is 17.4. The van der Waals surface area contributed by atoms with Gasteiger partial charge in [-0.1, -0.05) is 35.9 Å². The Morgan fingerprint density at radius 1 is 1.29 bits per heavy atom. The molecule has 0 spiro atoms. The van der Waals surface area contributed by atoms with Crippen molar-refractivity contribution in [1.29, 1.82) is 0 Å². The van der Waals surface area contributed by atoms with Gasteiger partial charge in [-0.25, -0.2) is 0 Å². The molecule has 1 unspecified atom stereocenters. The van der Waals surface area contributed by atoms with Crippen LogP contribution in [0.5, 0.6) is 0 Å². The highest BCUT2D eigenvalue weighted by Crippen LogP contribution is 2.38. The third-order valence-corrected chi connectivity index (χ3v) is 4.51. The Morgan fingerprint density at radius 3 is 2.82 bits per heavy atom. The monoisotopic (exact) mass is 262 g/mol. The van der Waals surface area contributed by atoms with Gasteiger partial charge in [-0.05, 0) is 35.6 Å². The molecule has 86 valence electrons. The third-order valence-electron chi connectivity index (χ3n) is 3.24. The molecule has 0 saturated carbocycles. The van der Waals surface area contributed by atoms with Gasteiger partial charge in [-0.15, -0.1) is 11.3 Å². The number of thiophene rings is 1. The van der Waals surface area contributed by atoms with E-state index in [4.69, 9.17) is 11.6 Å². The average molecular weight is 263 g/mol. The summed E-state index contributed by atoms with van der Waals surface area (Å²) in [6.45, 7) is 0. The van der Waals surface area contributed by atoms with Crippen LogP contribution in [0.2, 0.25) is 4.34 Å². The molecular weight excluding hydrogens is 252 g/mol. The summed E-state index contributed by atoms with van der Waals surface area (Å²) in [5.41, 5.74) is 2.72. The van der Waals surface area contributed by atoms with Crippen molar-refractivity contribution in [2.45, 2.75) is 18.8 Å². The van der Waals surface area contributed by atoms with Gasteiger partial charge in [0.2, 0.25) is 0 Å². The Balaban J connectivity index is 1.72. The van der Waals surface area contributed by atoms with Gasteiger partial charge in [0, 0.05) is 6.42 Å². The molecule has 2 aromatic rings. The molecule has 0 aliphatic heterocycles. The molecule has 1 aromatic heterocycles. The fourth-order valence-corrected chi connectivity index (χ4v) is 3.33. The minimum atomic E-state index is 0.210. The summed E-state index contributed by atoms with van der Waals surface area (Å²) in [6, 6.07) is 12.0. The first kappa shape index (κ1) is 11.0. The lowest BCUT2D eigenvalue weighted by Crippen LogP contribution is -2.19. The molecule has 3 heteroatoms. The molecule has 0 amide bonds. The van der Waals surface area contributed by atoms with Crippen LogP contribution in [0.4, 0.5) is 0 Å². The molecule has 0 bridgehead atoms. The molecule has 1 heterocycles. The van der Waals surface area contributed by atoms with Crippen LogP contribution in [0, 0.1) is 0 Å². The molecule has 1 aliphatic rings. The first-order chi connectivity index (χ1) is 8.24. The van der Waals surface area contributed by atoms with Crippen LogP contribution in [0.1, 0.15) is 33.1 Å². The Morgan fingerprint density at radius 2 is 2.12 bits per heavy atom. The molecule has 1 nitrogen and oxygen atoms in total. The van der Waals surface area contributed by atoms with Crippen molar-refractivity contribution >= 4 is 28.7 Å². The lowest BCUT2D eigenvalue weighted by atomic mass is 9.75. The quantitative estimate of drug-likeness (QED) is 0.753. The zero-order chi connectivity index (χ0) is 11.8. The molecule has 17 heavy (non-hydrogen) atoms. The zero-order valence-electron chi connectivity index (χ0n) is 9.15. The fraction of sp³-hybridized carbons (Fsp3) is 0.214. The van der Waals surface area contributed by atoms with Gasteiger partial charge in [-0.3, -0.25) is 4.79 Å². The molecule has 0 N–H and O–H groups in total. The fourth-order valence-electron chi connectivity index (χ4n) is 2.33. The molecule has 0 fully saturated rings. The molecule has 1 atom stereocenters. The number of Topliss-reactive ketones (excluding diaryl/α,β-unsaturated/α-hetero) is 1. The molecule has 1 aliphatic carbocycles. The third kappa shape index (κ3) is 2.03. The van der Waals surface area contributed by atoms with Gasteiger partial charge in [0.05, 0.1) is 9.21 Å². The van der Waals surface area contributed by atoms with Gasteiger partial charge in [-0.2, -0.15) is 0 Å². The summed E-state index contributed by atoms with van der Waals surface area (Å²) in [5.74, 6) is 0.612. The van der Waals surface area contributed by atoms with Crippen LogP contribution in [0.3, 0.4) is 0 Å². The van der Waals surface area contributed by atoms with Crippen LogP contribution in [-0.4, -0.2) is 5.78 Å². The minimum absolute atomic E-state index is 0.210. The molecule has 0 radical (unpaired) electrons. The van der Waals surface area contributed by atoms with Crippen molar-refractivity contribution in [2.24, 2.45) is 0 Å². The van der Waals surface area contributed by atoms with Crippen LogP contribution in [0.15, 0.2) is 36.4 Å². The van der Waals surface area contributed by atoms with Crippen LogP contribution in [-0.2, 0) is 6.42 Å². The topological polar surface area (TPSA) is 17.1 Å². The Kier molecular flexibility index (Phi) is 2.77. The van der Waals surface area contributed by atoms with E-state index < -0.39 is 0 Å². The highest BCUT2D eigenvalue weighted by molar-refractivity contribution is 7.18. The van der Waals surface area contributed by atoms with E-state index in [9.17, 15) is 4.79 Å². The second kappa shape index (κ2) is 4.28. The van der Waals surface area contributed by atoms with Gasteiger partial charge in [0.1, 0.15) is 0 Å². The van der Waals surface area contributed by atoms with E-state index in [1.165, 1.54) is 22.5 Å². The van der Waals surface area contributed by atoms with Crippen molar-refractivity contribution in [3.05, 3.63) is 56.7 Å². The second-order valence-electron chi connectivity index (χ2n) is 4.33. The summed E-state index contributed by atoms with van der Waals surface area (Å²) in [7, 11) is 0. The Labute approximate surface area is 109 Å². The summed E-state index contributed by atoms with van der Waals surface area (Å²) in [5, 5.41) is 0. The van der Waals surface area contributed by atoms with Crippen molar-refractivity contribution in [1.82, 2.24) is 0 Å². The highest BCUT2D eigenvalue weighted by Gasteiger charge is 2.28. The zero-order valence-corrected chi connectivity index (χ0v) is 10.7. The number of benzene rings is 1. The predicted molar refractivity (Wildman–Crippen MR) is 71.2 cm³/mol. The number of hydrogen-bond acceptors (Lipinski definition) is 2. The first-order valence-corrected chi connectivity index (χ1v) is 6.80. The molecule has 3 rings (SSSR count). The standard InChI is InChI=1S/C14H11ClOS/c15-14-6-5-13(17-14)12(16)8-10-7-9-3-1-2-4-11(9)10/h1-6,10H,7-8H2. The van der Waals surface area contributed by atoms with E-state index in [1.807, 2.05) is 12.1 Å². The lowest BCUT2D eigenvalue weighted by molar-refractivity contribution is 0.0974. The lowest BCUT2D eigenvalue weighted by Gasteiger charge is -2.29. The smallest absolute Gasteiger partial charge is 0.173 e. The summed E-state index contributed by atoms with van der Waals surface area (Å²) in [4.78, 5) is 12.8. The van der Waals surface area contributed by atoms with Crippen molar-refractivity contribution < 1.29 is 4.79 Å².